The number of carbonyl (C=O) groups is 1. The monoisotopic (exact) mass is 323 g/mol. The molecule has 0 radical (unpaired) electrons. The summed E-state index contributed by atoms with van der Waals surface area (Å²) in [6.45, 7) is 7.69. The van der Waals surface area contributed by atoms with Gasteiger partial charge in [-0.3, -0.25) is 9.48 Å². The highest BCUT2D eigenvalue weighted by atomic mass is 16.2. The van der Waals surface area contributed by atoms with E-state index in [0.717, 1.165) is 22.8 Å². The van der Waals surface area contributed by atoms with Gasteiger partial charge in [-0.25, -0.2) is 4.98 Å². The van der Waals surface area contributed by atoms with E-state index in [4.69, 9.17) is 0 Å². The highest BCUT2D eigenvalue weighted by Crippen LogP contribution is 2.20. The summed E-state index contributed by atoms with van der Waals surface area (Å²) >= 11 is 0. The minimum absolute atomic E-state index is 0.117. The van der Waals surface area contributed by atoms with Crippen LogP contribution in [-0.4, -0.2) is 25.2 Å². The Hall–Kier alpha value is -2.89. The first-order valence-electron chi connectivity index (χ1n) is 7.82. The average molecular weight is 323 g/mol. The summed E-state index contributed by atoms with van der Waals surface area (Å²) in [6, 6.07) is 9.51. The molecule has 3 rings (SSSR count). The fourth-order valence-electron chi connectivity index (χ4n) is 2.45. The van der Waals surface area contributed by atoms with Crippen LogP contribution in [0.1, 0.15) is 25.2 Å². The summed E-state index contributed by atoms with van der Waals surface area (Å²) in [5, 5.41) is 7.11. The van der Waals surface area contributed by atoms with Crippen LogP contribution >= 0.6 is 0 Å². The lowest BCUT2D eigenvalue weighted by molar-refractivity contribution is -0.123. The summed E-state index contributed by atoms with van der Waals surface area (Å²) in [5.74, 6) is -0.117. The number of aromatic nitrogens is 4. The maximum Gasteiger partial charge on any atom is 0.251 e. The molecule has 0 atom stereocenters. The van der Waals surface area contributed by atoms with Crippen LogP contribution < -0.4 is 5.32 Å². The molecule has 1 amide bonds. The second-order valence-electron chi connectivity index (χ2n) is 6.30. The number of amides is 1. The predicted molar refractivity (Wildman–Crippen MR) is 93.2 cm³/mol. The van der Waals surface area contributed by atoms with Crippen LogP contribution in [0.3, 0.4) is 0 Å². The van der Waals surface area contributed by atoms with Gasteiger partial charge in [0, 0.05) is 29.5 Å². The number of carbonyl (C=O) groups excluding carboxylic acids is 1. The van der Waals surface area contributed by atoms with Crippen molar-refractivity contribution in [1.29, 1.82) is 0 Å². The first-order valence-corrected chi connectivity index (χ1v) is 7.82. The largest absolute Gasteiger partial charge is 0.324 e. The molecule has 0 spiro atoms. The zero-order chi connectivity index (χ0) is 17.3. The molecule has 24 heavy (non-hydrogen) atoms. The summed E-state index contributed by atoms with van der Waals surface area (Å²) < 4.78 is 3.67. The molecule has 124 valence electrons. The van der Waals surface area contributed by atoms with E-state index in [-0.39, 0.29) is 5.91 Å². The number of imidazole rings is 1. The zero-order valence-electron chi connectivity index (χ0n) is 14.3. The van der Waals surface area contributed by atoms with Crippen molar-refractivity contribution >= 4 is 11.6 Å². The Bertz CT molecular complexity index is 844. The van der Waals surface area contributed by atoms with Crippen molar-refractivity contribution in [1.82, 2.24) is 19.3 Å². The molecule has 2 heterocycles. The topological polar surface area (TPSA) is 64.7 Å². The van der Waals surface area contributed by atoms with Gasteiger partial charge in [-0.2, -0.15) is 5.10 Å². The van der Waals surface area contributed by atoms with Gasteiger partial charge < -0.3 is 9.88 Å². The Balaban J connectivity index is 1.77. The van der Waals surface area contributed by atoms with Gasteiger partial charge in [0.25, 0.3) is 5.91 Å². The van der Waals surface area contributed by atoms with Crippen LogP contribution in [0.25, 0.3) is 5.69 Å². The lowest BCUT2D eigenvalue weighted by atomic mass is 10.0. The van der Waals surface area contributed by atoms with Crippen LogP contribution in [0.15, 0.2) is 49.1 Å². The molecule has 0 aliphatic rings. The standard InChI is InChI=1S/C18H21N5O/c1-13-14(2)22(12-19-13)16-8-6-15(7-9-16)21-17(24)18(3,4)23-11-5-10-20-23/h5-12H,1-4H3,(H,21,24). The number of anilines is 1. The Labute approximate surface area is 141 Å². The number of rotatable bonds is 4. The Morgan fingerprint density at radius 1 is 1.17 bits per heavy atom. The number of hydrogen-bond donors (Lipinski definition) is 1. The third kappa shape index (κ3) is 2.82. The minimum Gasteiger partial charge on any atom is -0.324 e. The maximum absolute atomic E-state index is 12.6. The number of nitrogens with zero attached hydrogens (tertiary/aromatic N) is 4. The molecule has 0 aliphatic heterocycles. The van der Waals surface area contributed by atoms with E-state index in [1.54, 1.807) is 29.5 Å². The minimum atomic E-state index is -0.764. The van der Waals surface area contributed by atoms with Crippen molar-refractivity contribution in [2.75, 3.05) is 5.32 Å². The van der Waals surface area contributed by atoms with Crippen molar-refractivity contribution in [3.63, 3.8) is 0 Å². The van der Waals surface area contributed by atoms with Crippen LogP contribution in [0.2, 0.25) is 0 Å². The second-order valence-corrected chi connectivity index (χ2v) is 6.30. The van der Waals surface area contributed by atoms with Crippen LogP contribution in [0, 0.1) is 13.8 Å². The highest BCUT2D eigenvalue weighted by Gasteiger charge is 2.30. The van der Waals surface area contributed by atoms with Gasteiger partial charge in [-0.15, -0.1) is 0 Å². The van der Waals surface area contributed by atoms with Crippen LogP contribution in [-0.2, 0) is 10.3 Å². The van der Waals surface area contributed by atoms with Crippen LogP contribution in [0.5, 0.6) is 0 Å². The Kier molecular flexibility index (Phi) is 3.97. The molecule has 1 aromatic carbocycles. The maximum atomic E-state index is 12.6. The Morgan fingerprint density at radius 2 is 1.88 bits per heavy atom. The molecule has 0 fully saturated rings. The fraction of sp³-hybridized carbons (Fsp3) is 0.278. The molecule has 6 heteroatoms. The summed E-state index contributed by atoms with van der Waals surface area (Å²) in [7, 11) is 0. The smallest absolute Gasteiger partial charge is 0.251 e. The van der Waals surface area contributed by atoms with Crippen molar-refractivity contribution in [2.24, 2.45) is 0 Å². The molecule has 1 N–H and O–H groups in total. The molecule has 2 aromatic heterocycles. The zero-order valence-corrected chi connectivity index (χ0v) is 14.3. The first kappa shape index (κ1) is 16.0. The molecule has 6 nitrogen and oxygen atoms in total. The second kappa shape index (κ2) is 5.96. The van der Waals surface area contributed by atoms with E-state index in [2.05, 4.69) is 15.4 Å². The molecule has 0 saturated heterocycles. The van der Waals surface area contributed by atoms with Gasteiger partial charge in [0.1, 0.15) is 5.54 Å². The SMILES string of the molecule is Cc1ncn(-c2ccc(NC(=O)C(C)(C)n3cccn3)cc2)c1C. The van der Waals surface area contributed by atoms with Crippen LogP contribution in [0.4, 0.5) is 5.69 Å². The lowest BCUT2D eigenvalue weighted by Gasteiger charge is -2.24. The summed E-state index contributed by atoms with van der Waals surface area (Å²) in [6.07, 6.45) is 5.26. The molecule has 0 bridgehead atoms. The predicted octanol–water partition coefficient (Wildman–Crippen LogP) is 3.06. The lowest BCUT2D eigenvalue weighted by Crippen LogP contribution is -2.40. The van der Waals surface area contributed by atoms with Crippen molar-refractivity contribution in [2.45, 2.75) is 33.2 Å². The van der Waals surface area contributed by atoms with Gasteiger partial charge in [0.15, 0.2) is 0 Å². The van der Waals surface area contributed by atoms with Crippen molar-refractivity contribution < 1.29 is 4.79 Å². The summed E-state index contributed by atoms with van der Waals surface area (Å²) in [4.78, 5) is 16.9. The molecule has 0 saturated carbocycles. The van der Waals surface area contributed by atoms with Gasteiger partial charge >= 0.3 is 0 Å². The van der Waals surface area contributed by atoms with Gasteiger partial charge in [0.05, 0.1) is 12.0 Å². The Morgan fingerprint density at radius 3 is 2.42 bits per heavy atom. The molecule has 0 aliphatic carbocycles. The molecule has 3 aromatic rings. The fourth-order valence-corrected chi connectivity index (χ4v) is 2.45. The van der Waals surface area contributed by atoms with Gasteiger partial charge in [-0.1, -0.05) is 0 Å². The highest BCUT2D eigenvalue weighted by molar-refractivity contribution is 5.96. The first-order chi connectivity index (χ1) is 11.4. The van der Waals surface area contributed by atoms with E-state index in [0.29, 0.717) is 0 Å². The number of nitrogens with one attached hydrogen (secondary N) is 1. The normalized spacial score (nSPS) is 11.5. The van der Waals surface area contributed by atoms with Gasteiger partial charge in [0.2, 0.25) is 0 Å². The number of hydrogen-bond acceptors (Lipinski definition) is 3. The van der Waals surface area contributed by atoms with Gasteiger partial charge in [-0.05, 0) is 58.0 Å². The number of benzene rings is 1. The van der Waals surface area contributed by atoms with E-state index < -0.39 is 5.54 Å². The third-order valence-electron chi connectivity index (χ3n) is 4.29. The molecular formula is C18H21N5O. The third-order valence-corrected chi connectivity index (χ3v) is 4.29. The van der Waals surface area contributed by atoms with E-state index in [1.165, 1.54) is 0 Å². The quantitative estimate of drug-likeness (QED) is 0.802. The molecular weight excluding hydrogens is 302 g/mol. The van der Waals surface area contributed by atoms with E-state index >= 15 is 0 Å². The van der Waals surface area contributed by atoms with E-state index in [9.17, 15) is 4.79 Å². The van der Waals surface area contributed by atoms with Crippen molar-refractivity contribution in [3.8, 4) is 5.69 Å². The van der Waals surface area contributed by atoms with E-state index in [1.807, 2.05) is 56.5 Å². The average Bonchev–Trinajstić information content (AvgIpc) is 3.20. The molecule has 0 unspecified atom stereocenters. The van der Waals surface area contributed by atoms with Crippen molar-refractivity contribution in [3.05, 3.63) is 60.4 Å². The summed E-state index contributed by atoms with van der Waals surface area (Å²) in [5.41, 5.74) is 3.11. The number of aryl methyl sites for hydroxylation is 1.